The van der Waals surface area contributed by atoms with Gasteiger partial charge in [0.2, 0.25) is 10.0 Å². The predicted molar refractivity (Wildman–Crippen MR) is 111 cm³/mol. The molecule has 29 heavy (non-hydrogen) atoms. The van der Waals surface area contributed by atoms with Crippen molar-refractivity contribution >= 4 is 21.9 Å². The summed E-state index contributed by atoms with van der Waals surface area (Å²) >= 11 is 0. The summed E-state index contributed by atoms with van der Waals surface area (Å²) in [5.41, 5.74) is 0.205. The van der Waals surface area contributed by atoms with E-state index in [9.17, 15) is 18.0 Å². The van der Waals surface area contributed by atoms with Crippen molar-refractivity contribution in [2.75, 3.05) is 19.7 Å². The van der Waals surface area contributed by atoms with Crippen LogP contribution < -0.4 is 5.32 Å². The number of ether oxygens (including phenoxy) is 1. The Morgan fingerprint density at radius 2 is 1.72 bits per heavy atom. The van der Waals surface area contributed by atoms with E-state index in [1.165, 1.54) is 35.0 Å². The Hall–Kier alpha value is -1.93. The lowest BCUT2D eigenvalue weighted by Gasteiger charge is -2.34. The number of hydrogen-bond donors (Lipinski definition) is 1. The number of amides is 1. The topological polar surface area (TPSA) is 92.8 Å². The fourth-order valence-corrected chi connectivity index (χ4v) is 5.18. The highest BCUT2D eigenvalue weighted by molar-refractivity contribution is 7.89. The van der Waals surface area contributed by atoms with Crippen LogP contribution in [0.4, 0.5) is 0 Å². The Bertz CT molecular complexity index is 803. The summed E-state index contributed by atoms with van der Waals surface area (Å²) in [6.45, 7) is 8.25. The number of benzene rings is 1. The third kappa shape index (κ3) is 5.79. The van der Waals surface area contributed by atoms with E-state index in [-0.39, 0.29) is 29.0 Å². The van der Waals surface area contributed by atoms with Gasteiger partial charge >= 0.3 is 5.97 Å². The van der Waals surface area contributed by atoms with Crippen molar-refractivity contribution < 1.29 is 22.7 Å². The van der Waals surface area contributed by atoms with Crippen LogP contribution in [0.5, 0.6) is 0 Å². The smallest absolute Gasteiger partial charge is 0.338 e. The number of rotatable bonds is 8. The molecule has 1 aliphatic rings. The molecule has 1 aromatic carbocycles. The molecule has 0 unspecified atom stereocenters. The van der Waals surface area contributed by atoms with Gasteiger partial charge in [0.25, 0.3) is 5.91 Å². The monoisotopic (exact) mass is 424 g/mol. The van der Waals surface area contributed by atoms with Crippen LogP contribution in [0.2, 0.25) is 0 Å². The molecule has 0 heterocycles. The summed E-state index contributed by atoms with van der Waals surface area (Å²) in [4.78, 5) is 24.5. The minimum atomic E-state index is -3.58. The molecule has 1 saturated carbocycles. The third-order valence-electron chi connectivity index (χ3n) is 5.82. The number of hydrogen-bond acceptors (Lipinski definition) is 5. The van der Waals surface area contributed by atoms with Crippen molar-refractivity contribution in [2.45, 2.75) is 57.9 Å². The quantitative estimate of drug-likeness (QED) is 0.648. The van der Waals surface area contributed by atoms with Gasteiger partial charge in [0.05, 0.1) is 10.5 Å². The number of nitrogens with zero attached hydrogens (tertiary/aromatic N) is 1. The molecule has 0 bridgehead atoms. The van der Waals surface area contributed by atoms with Crippen molar-refractivity contribution in [3.05, 3.63) is 29.8 Å². The largest absolute Gasteiger partial charge is 0.452 e. The fourth-order valence-electron chi connectivity index (χ4n) is 3.72. The normalized spacial score (nSPS) is 22.3. The van der Waals surface area contributed by atoms with E-state index in [1.54, 1.807) is 13.8 Å². The van der Waals surface area contributed by atoms with Gasteiger partial charge in [-0.05, 0) is 42.5 Å². The second kappa shape index (κ2) is 10.2. The van der Waals surface area contributed by atoms with Crippen molar-refractivity contribution in [1.29, 1.82) is 0 Å². The molecule has 0 spiro atoms. The van der Waals surface area contributed by atoms with Gasteiger partial charge < -0.3 is 10.1 Å². The van der Waals surface area contributed by atoms with Gasteiger partial charge in [0, 0.05) is 19.1 Å². The molecule has 1 aliphatic carbocycles. The minimum Gasteiger partial charge on any atom is -0.452 e. The molecule has 1 aromatic rings. The van der Waals surface area contributed by atoms with Crippen molar-refractivity contribution in [2.24, 2.45) is 11.8 Å². The first kappa shape index (κ1) is 23.3. The van der Waals surface area contributed by atoms with Gasteiger partial charge in [-0.1, -0.05) is 40.5 Å². The first-order valence-corrected chi connectivity index (χ1v) is 11.7. The van der Waals surface area contributed by atoms with E-state index in [1.807, 2.05) is 0 Å². The number of carbonyl (C=O) groups is 2. The Kier molecular flexibility index (Phi) is 8.22. The maximum absolute atomic E-state index is 12.5. The standard InChI is InChI=1S/C21H32N2O5S/c1-5-23(6-2)29(26,27)18-12-10-17(11-13-18)21(25)28-14-20(24)22-19-9-7-8-15(3)16(19)4/h10-13,15-16,19H,5-9,14H2,1-4H3,(H,22,24)/t15-,16-,19-/m1/s1. The van der Waals surface area contributed by atoms with Crippen molar-refractivity contribution in [3.8, 4) is 0 Å². The van der Waals surface area contributed by atoms with Crippen LogP contribution in [0.1, 0.15) is 57.3 Å². The highest BCUT2D eigenvalue weighted by atomic mass is 32.2. The molecule has 0 aliphatic heterocycles. The zero-order valence-corrected chi connectivity index (χ0v) is 18.5. The Morgan fingerprint density at radius 3 is 2.31 bits per heavy atom. The van der Waals surface area contributed by atoms with Crippen LogP contribution in [0.25, 0.3) is 0 Å². The SMILES string of the molecule is CCN(CC)S(=O)(=O)c1ccc(C(=O)OCC(=O)N[C@@H]2CCC[C@@H](C)[C@H]2C)cc1. The van der Waals surface area contributed by atoms with E-state index in [4.69, 9.17) is 4.74 Å². The molecular weight excluding hydrogens is 392 g/mol. The average molecular weight is 425 g/mol. The number of sulfonamides is 1. The molecule has 0 aromatic heterocycles. The first-order chi connectivity index (χ1) is 13.7. The van der Waals surface area contributed by atoms with Crippen LogP contribution in [0.3, 0.4) is 0 Å². The molecule has 7 nitrogen and oxygen atoms in total. The van der Waals surface area contributed by atoms with E-state index in [2.05, 4.69) is 19.2 Å². The van der Waals surface area contributed by atoms with Gasteiger partial charge in [-0.3, -0.25) is 4.79 Å². The van der Waals surface area contributed by atoms with Gasteiger partial charge in [-0.25, -0.2) is 13.2 Å². The lowest BCUT2D eigenvalue weighted by atomic mass is 9.78. The van der Waals surface area contributed by atoms with Gasteiger partial charge in [-0.2, -0.15) is 4.31 Å². The van der Waals surface area contributed by atoms with Crippen LogP contribution in [0, 0.1) is 11.8 Å². The Balaban J connectivity index is 1.92. The maximum atomic E-state index is 12.5. The zero-order valence-electron chi connectivity index (χ0n) is 17.7. The fraction of sp³-hybridized carbons (Fsp3) is 0.619. The van der Waals surface area contributed by atoms with E-state index in [0.717, 1.165) is 12.8 Å². The summed E-state index contributed by atoms with van der Waals surface area (Å²) < 4.78 is 31.4. The van der Waals surface area contributed by atoms with Crippen LogP contribution in [-0.2, 0) is 19.6 Å². The summed E-state index contributed by atoms with van der Waals surface area (Å²) in [5.74, 6) is -0.0199. The Morgan fingerprint density at radius 1 is 1.10 bits per heavy atom. The molecule has 1 fully saturated rings. The number of esters is 1. The molecule has 2 rings (SSSR count). The number of nitrogens with one attached hydrogen (secondary N) is 1. The van der Waals surface area contributed by atoms with E-state index >= 15 is 0 Å². The van der Waals surface area contributed by atoms with E-state index in [0.29, 0.717) is 24.9 Å². The number of carbonyl (C=O) groups excluding carboxylic acids is 2. The van der Waals surface area contributed by atoms with Gasteiger partial charge in [-0.15, -0.1) is 0 Å². The summed E-state index contributed by atoms with van der Waals surface area (Å²) in [5, 5.41) is 2.96. The zero-order chi connectivity index (χ0) is 21.6. The van der Waals surface area contributed by atoms with Gasteiger partial charge in [0.15, 0.2) is 6.61 Å². The highest BCUT2D eigenvalue weighted by Gasteiger charge is 2.28. The summed E-state index contributed by atoms with van der Waals surface area (Å²) in [6.07, 6.45) is 3.19. The second-order valence-electron chi connectivity index (χ2n) is 7.63. The molecule has 1 N–H and O–H groups in total. The highest BCUT2D eigenvalue weighted by Crippen LogP contribution is 2.29. The Labute approximate surface area is 173 Å². The van der Waals surface area contributed by atoms with Crippen molar-refractivity contribution in [1.82, 2.24) is 9.62 Å². The van der Waals surface area contributed by atoms with E-state index < -0.39 is 16.0 Å². The van der Waals surface area contributed by atoms with Crippen LogP contribution in [-0.4, -0.2) is 50.3 Å². The molecule has 8 heteroatoms. The molecule has 0 radical (unpaired) electrons. The summed E-state index contributed by atoms with van der Waals surface area (Å²) in [7, 11) is -3.58. The van der Waals surface area contributed by atoms with Crippen LogP contribution >= 0.6 is 0 Å². The lowest BCUT2D eigenvalue weighted by Crippen LogP contribution is -2.45. The molecule has 0 saturated heterocycles. The minimum absolute atomic E-state index is 0.106. The molecule has 1 amide bonds. The predicted octanol–water partition coefficient (Wildman–Crippen LogP) is 2.81. The average Bonchev–Trinajstić information content (AvgIpc) is 2.70. The maximum Gasteiger partial charge on any atom is 0.338 e. The van der Waals surface area contributed by atoms with Crippen LogP contribution in [0.15, 0.2) is 29.2 Å². The summed E-state index contributed by atoms with van der Waals surface area (Å²) in [6, 6.07) is 5.68. The lowest BCUT2D eigenvalue weighted by molar-refractivity contribution is -0.125. The molecule has 162 valence electrons. The molecular formula is C21H32N2O5S. The van der Waals surface area contributed by atoms with Crippen molar-refractivity contribution in [3.63, 3.8) is 0 Å². The molecule has 3 atom stereocenters. The first-order valence-electron chi connectivity index (χ1n) is 10.3. The van der Waals surface area contributed by atoms with Gasteiger partial charge in [0.1, 0.15) is 0 Å². The second-order valence-corrected chi connectivity index (χ2v) is 9.57. The third-order valence-corrected chi connectivity index (χ3v) is 7.88.